The third kappa shape index (κ3) is 3.18. The van der Waals surface area contributed by atoms with E-state index in [0.29, 0.717) is 40.4 Å². The first-order valence-corrected chi connectivity index (χ1v) is 15.1. The Balaban J connectivity index is 0.00000117. The Labute approximate surface area is 218 Å². The molecule has 2 saturated heterocycles. The van der Waals surface area contributed by atoms with Gasteiger partial charge in [0.1, 0.15) is 0 Å². The van der Waals surface area contributed by atoms with Crippen LogP contribution in [0, 0.1) is 51.2 Å². The first kappa shape index (κ1) is 26.0. The number of nitrogens with one attached hydrogen (secondary N) is 1. The van der Waals surface area contributed by atoms with Crippen LogP contribution in [0.25, 0.3) is 0 Å². The van der Waals surface area contributed by atoms with E-state index < -0.39 is 0 Å². The number of hydrogen-bond acceptors (Lipinski definition) is 6. The number of nitrogens with two attached hydrogens (primary N) is 1. The van der Waals surface area contributed by atoms with Gasteiger partial charge in [-0.25, -0.2) is 0 Å². The second-order valence-electron chi connectivity index (χ2n) is 14.3. The molecule has 12 atom stereocenters. The summed E-state index contributed by atoms with van der Waals surface area (Å²) in [5, 5.41) is 10.4. The van der Waals surface area contributed by atoms with E-state index in [-0.39, 0.29) is 11.7 Å². The van der Waals surface area contributed by atoms with Crippen LogP contribution in [0.4, 0.5) is 0 Å². The van der Waals surface area contributed by atoms with Gasteiger partial charge in [0, 0.05) is 38.8 Å². The van der Waals surface area contributed by atoms with Crippen molar-refractivity contribution in [3.63, 3.8) is 0 Å². The average molecular weight is 505 g/mol. The highest BCUT2D eigenvalue weighted by molar-refractivity contribution is 5.32. The van der Waals surface area contributed by atoms with Crippen molar-refractivity contribution >= 4 is 0 Å². The van der Waals surface area contributed by atoms with E-state index in [0.717, 1.165) is 63.5 Å². The summed E-state index contributed by atoms with van der Waals surface area (Å²) in [5.41, 5.74) is 8.46. The largest absolute Gasteiger partial charge is 0.400 e. The highest BCUT2D eigenvalue weighted by Crippen LogP contribution is 2.89. The van der Waals surface area contributed by atoms with Crippen molar-refractivity contribution in [2.24, 2.45) is 57.0 Å². The fourth-order valence-corrected chi connectivity index (χ4v) is 12.2. The van der Waals surface area contributed by atoms with Crippen LogP contribution >= 0.6 is 0 Å². The summed E-state index contributed by atoms with van der Waals surface area (Å²) < 4.78 is 19.0. The van der Waals surface area contributed by atoms with Crippen LogP contribution in [0.15, 0.2) is 0 Å². The molecule has 5 aliphatic carbocycles. The maximum atomic E-state index is 7.00. The molecule has 6 heteroatoms. The monoisotopic (exact) mass is 504 g/mol. The molecule has 0 aromatic rings. The van der Waals surface area contributed by atoms with Gasteiger partial charge in [-0.2, -0.15) is 0 Å². The maximum Gasteiger partial charge on any atom is 0.170 e. The molecule has 10 unspecified atom stereocenters. The predicted molar refractivity (Wildman–Crippen MR) is 140 cm³/mol. The topological polar surface area (TPSA) is 86.0 Å². The SMILES string of the molecule is CC1C23CCC4(C)C(CC5OCC[C@@H](N)C54)C2CC[C@H]2C(C)(C)C(OC4CNCCO4)CCC123.CO. The molecular weight excluding hydrogens is 452 g/mol. The van der Waals surface area contributed by atoms with Gasteiger partial charge in [0.15, 0.2) is 6.29 Å². The smallest absolute Gasteiger partial charge is 0.170 e. The Morgan fingerprint density at radius 1 is 0.917 bits per heavy atom. The number of ether oxygens (including phenoxy) is 3. The Bertz CT molecular complexity index is 832. The number of aliphatic hydroxyl groups is 1. The second kappa shape index (κ2) is 8.89. The van der Waals surface area contributed by atoms with Crippen LogP contribution in [-0.2, 0) is 14.2 Å². The van der Waals surface area contributed by atoms with Gasteiger partial charge in [-0.05, 0) is 96.7 Å². The van der Waals surface area contributed by atoms with Gasteiger partial charge < -0.3 is 30.4 Å². The average Bonchev–Trinajstić information content (AvgIpc) is 3.23. The van der Waals surface area contributed by atoms with Crippen molar-refractivity contribution in [1.82, 2.24) is 5.32 Å². The Morgan fingerprint density at radius 3 is 2.47 bits per heavy atom. The van der Waals surface area contributed by atoms with Gasteiger partial charge in [0.25, 0.3) is 0 Å². The van der Waals surface area contributed by atoms with Gasteiger partial charge in [0.05, 0.1) is 18.8 Å². The molecule has 206 valence electrons. The number of aliphatic hydroxyl groups excluding tert-OH is 1. The third-order valence-electron chi connectivity index (χ3n) is 13.4. The van der Waals surface area contributed by atoms with E-state index in [4.69, 9.17) is 25.1 Å². The fraction of sp³-hybridized carbons (Fsp3) is 1.00. The first-order chi connectivity index (χ1) is 17.3. The van der Waals surface area contributed by atoms with Crippen molar-refractivity contribution in [1.29, 1.82) is 0 Å². The summed E-state index contributed by atoms with van der Waals surface area (Å²) in [6, 6.07) is 0.341. The van der Waals surface area contributed by atoms with Crippen LogP contribution in [-0.4, -0.2) is 63.1 Å². The molecule has 36 heavy (non-hydrogen) atoms. The van der Waals surface area contributed by atoms with Crippen molar-refractivity contribution in [2.45, 2.75) is 104 Å². The molecule has 2 spiro atoms. The Kier molecular flexibility index (Phi) is 6.42. The molecular formula is C30H52N2O4. The summed E-state index contributed by atoms with van der Waals surface area (Å²) in [6.07, 6.45) is 11.1. The van der Waals surface area contributed by atoms with E-state index in [9.17, 15) is 0 Å². The zero-order valence-corrected chi connectivity index (χ0v) is 23.4. The van der Waals surface area contributed by atoms with Gasteiger partial charge in [-0.3, -0.25) is 0 Å². The lowest BCUT2D eigenvalue weighted by molar-refractivity contribution is -0.232. The normalized spacial score (nSPS) is 56.6. The standard InChI is InChI=1S/C29H48N2O3.CH4O/c1-17-28-11-10-27(4)19(15-21-25(27)20(30)8-13-32-21)18(28)5-6-22-26(2,3)23(7-9-29(17,22)28)34-24-16-31-12-14-33-24;1-2/h17-25,31H,5-16,30H2,1-4H3;2H,1H3/t17?,18?,19?,20-,21?,22+,23?,24?,25?,27?,28?,29?;/m1./s1. The van der Waals surface area contributed by atoms with Crippen molar-refractivity contribution in [3.8, 4) is 0 Å². The summed E-state index contributed by atoms with van der Waals surface area (Å²) in [7, 11) is 1.00. The van der Waals surface area contributed by atoms with E-state index in [1.165, 1.54) is 44.9 Å². The molecule has 5 saturated carbocycles. The molecule has 0 bridgehead atoms. The van der Waals surface area contributed by atoms with Crippen LogP contribution in [0.1, 0.15) is 79.1 Å². The second-order valence-corrected chi connectivity index (χ2v) is 14.3. The molecule has 7 fully saturated rings. The summed E-state index contributed by atoms with van der Waals surface area (Å²) in [6.45, 7) is 13.7. The lowest BCUT2D eigenvalue weighted by Gasteiger charge is -2.60. The molecule has 2 heterocycles. The van der Waals surface area contributed by atoms with Crippen LogP contribution < -0.4 is 11.1 Å². The van der Waals surface area contributed by atoms with E-state index in [2.05, 4.69) is 33.0 Å². The molecule has 0 radical (unpaired) electrons. The quantitative estimate of drug-likeness (QED) is 0.528. The van der Waals surface area contributed by atoms with Crippen molar-refractivity contribution in [3.05, 3.63) is 0 Å². The minimum Gasteiger partial charge on any atom is -0.400 e. The van der Waals surface area contributed by atoms with Crippen LogP contribution in [0.3, 0.4) is 0 Å². The predicted octanol–water partition coefficient (Wildman–Crippen LogP) is 3.95. The molecule has 0 aromatic heterocycles. The highest BCUT2D eigenvalue weighted by atomic mass is 16.7. The van der Waals surface area contributed by atoms with Gasteiger partial charge >= 0.3 is 0 Å². The Hall–Kier alpha value is -0.240. The number of morpholine rings is 1. The highest BCUT2D eigenvalue weighted by Gasteiger charge is 2.84. The lowest BCUT2D eigenvalue weighted by Crippen LogP contribution is -2.56. The molecule has 6 nitrogen and oxygen atoms in total. The van der Waals surface area contributed by atoms with Gasteiger partial charge in [0.2, 0.25) is 0 Å². The molecule has 2 aliphatic heterocycles. The van der Waals surface area contributed by atoms with E-state index in [1.807, 2.05) is 0 Å². The van der Waals surface area contributed by atoms with Gasteiger partial charge in [-0.15, -0.1) is 0 Å². The maximum absolute atomic E-state index is 7.00. The number of hydrogen-bond donors (Lipinski definition) is 3. The zero-order valence-electron chi connectivity index (χ0n) is 23.4. The number of rotatable bonds is 2. The molecule has 4 N–H and O–H groups in total. The first-order valence-electron chi connectivity index (χ1n) is 15.1. The molecule has 0 aromatic carbocycles. The van der Waals surface area contributed by atoms with Crippen LogP contribution in [0.2, 0.25) is 0 Å². The Morgan fingerprint density at radius 2 is 1.72 bits per heavy atom. The van der Waals surface area contributed by atoms with Crippen molar-refractivity contribution in [2.75, 3.05) is 33.4 Å². The summed E-state index contributed by atoms with van der Waals surface area (Å²) in [4.78, 5) is 0. The fourth-order valence-electron chi connectivity index (χ4n) is 12.2. The molecule has 7 rings (SSSR count). The zero-order chi connectivity index (χ0) is 25.5. The lowest BCUT2D eigenvalue weighted by atomic mass is 9.46. The minimum atomic E-state index is -0.0737. The van der Waals surface area contributed by atoms with Crippen LogP contribution in [0.5, 0.6) is 0 Å². The molecule has 7 aliphatic rings. The van der Waals surface area contributed by atoms with Crippen molar-refractivity contribution < 1.29 is 19.3 Å². The number of fused-ring (bicyclic) bond motifs is 4. The molecule has 0 amide bonds. The van der Waals surface area contributed by atoms with E-state index >= 15 is 0 Å². The summed E-state index contributed by atoms with van der Waals surface area (Å²) in [5.74, 6) is 3.89. The van der Waals surface area contributed by atoms with Gasteiger partial charge in [-0.1, -0.05) is 27.7 Å². The van der Waals surface area contributed by atoms with E-state index in [1.54, 1.807) is 0 Å². The minimum absolute atomic E-state index is 0.0737. The third-order valence-corrected chi connectivity index (χ3v) is 13.4. The summed E-state index contributed by atoms with van der Waals surface area (Å²) >= 11 is 0.